The average molecular weight is 440 g/mol. The van der Waals surface area contributed by atoms with Crippen LogP contribution in [0.15, 0.2) is 70.9 Å². The van der Waals surface area contributed by atoms with Crippen LogP contribution in [0.1, 0.15) is 20.7 Å². The quantitative estimate of drug-likeness (QED) is 0.233. The highest BCUT2D eigenvalue weighted by atomic mass is 16.5. The van der Waals surface area contributed by atoms with Crippen molar-refractivity contribution in [2.75, 3.05) is 13.2 Å². The Labute approximate surface area is 182 Å². The Hall–Kier alpha value is -4.08. The smallest absolute Gasteiger partial charge is 0.338 e. The summed E-state index contributed by atoms with van der Waals surface area (Å²) in [6.45, 7) is -1.11. The number of hydrogen-bond acceptors (Lipinski definition) is 8. The maximum absolute atomic E-state index is 12.1. The van der Waals surface area contributed by atoms with Crippen molar-refractivity contribution in [3.05, 3.63) is 92.7 Å². The monoisotopic (exact) mass is 440 g/mol. The molecule has 2 N–H and O–H groups in total. The van der Waals surface area contributed by atoms with Gasteiger partial charge in [0.25, 0.3) is 0 Å². The lowest BCUT2D eigenvalue weighted by molar-refractivity contribution is -0.0352. The number of ether oxygens (including phenoxy) is 2. The first-order chi connectivity index (χ1) is 15.5. The van der Waals surface area contributed by atoms with Gasteiger partial charge in [-0.05, 0) is 35.3 Å². The molecule has 2 rings (SSSR count). The molecule has 0 aliphatic heterocycles. The predicted molar refractivity (Wildman–Crippen MR) is 111 cm³/mol. The van der Waals surface area contributed by atoms with Gasteiger partial charge in [0, 0.05) is 9.82 Å². The van der Waals surface area contributed by atoms with Gasteiger partial charge in [0.05, 0.1) is 23.3 Å². The van der Waals surface area contributed by atoms with Gasteiger partial charge < -0.3 is 19.7 Å². The molecule has 4 atom stereocenters. The Morgan fingerprint density at radius 2 is 1.09 bits per heavy atom. The minimum absolute atomic E-state index is 0.238. The van der Waals surface area contributed by atoms with E-state index in [1.54, 1.807) is 36.4 Å². The summed E-state index contributed by atoms with van der Waals surface area (Å²) in [4.78, 5) is 29.3. The van der Waals surface area contributed by atoms with Gasteiger partial charge in [0.15, 0.2) is 0 Å². The number of aliphatic hydroxyl groups is 2. The molecule has 0 aliphatic rings. The first-order valence-corrected chi connectivity index (χ1v) is 9.36. The molecule has 12 nitrogen and oxygen atoms in total. The molecule has 32 heavy (non-hydrogen) atoms. The summed E-state index contributed by atoms with van der Waals surface area (Å²) in [6, 6.07) is 13.2. The lowest BCUT2D eigenvalue weighted by atomic mass is 10.0. The van der Waals surface area contributed by atoms with Crippen molar-refractivity contribution in [3.8, 4) is 0 Å². The van der Waals surface area contributed by atoms with E-state index in [1.165, 1.54) is 24.3 Å². The number of esters is 2. The highest BCUT2D eigenvalue weighted by Crippen LogP contribution is 2.14. The Balaban J connectivity index is 2.03. The zero-order valence-electron chi connectivity index (χ0n) is 16.7. The van der Waals surface area contributed by atoms with Gasteiger partial charge in [-0.3, -0.25) is 0 Å². The number of carbonyl (C=O) groups is 2. The van der Waals surface area contributed by atoms with Crippen molar-refractivity contribution in [2.45, 2.75) is 24.3 Å². The van der Waals surface area contributed by atoms with Crippen LogP contribution in [0.2, 0.25) is 0 Å². The molecule has 0 heterocycles. The highest BCUT2D eigenvalue weighted by Gasteiger charge is 2.33. The van der Waals surface area contributed by atoms with Gasteiger partial charge in [-0.25, -0.2) is 9.59 Å². The third kappa shape index (κ3) is 7.01. The Morgan fingerprint density at radius 1 is 0.750 bits per heavy atom. The molecule has 0 bridgehead atoms. The van der Waals surface area contributed by atoms with Crippen molar-refractivity contribution in [2.24, 2.45) is 10.2 Å². The van der Waals surface area contributed by atoms with Crippen LogP contribution in [0, 0.1) is 0 Å². The van der Waals surface area contributed by atoms with E-state index in [1.807, 2.05) is 0 Å². The third-order valence-corrected chi connectivity index (χ3v) is 4.33. The summed E-state index contributed by atoms with van der Waals surface area (Å²) in [5, 5.41) is 27.6. The standard InChI is InChI=1S/C20H20N6O6/c21-25-23-15(11-31-19(29)13-7-3-1-4-8-13)17(27)18(28)16(24-26-22)12-32-20(30)14-9-5-2-6-10-14/h1-10,15-18,27-28H,11-12H2/t15-,16-,17+,18+/m0/s1. The molecule has 0 unspecified atom stereocenters. The lowest BCUT2D eigenvalue weighted by Crippen LogP contribution is -2.46. The van der Waals surface area contributed by atoms with E-state index >= 15 is 0 Å². The maximum atomic E-state index is 12.1. The van der Waals surface area contributed by atoms with Gasteiger partial charge >= 0.3 is 11.9 Å². The molecule has 12 heteroatoms. The number of rotatable bonds is 11. The summed E-state index contributed by atoms with van der Waals surface area (Å²) >= 11 is 0. The van der Waals surface area contributed by atoms with Gasteiger partial charge in [0.2, 0.25) is 0 Å². The van der Waals surface area contributed by atoms with Crippen molar-refractivity contribution in [1.29, 1.82) is 0 Å². The zero-order valence-corrected chi connectivity index (χ0v) is 16.7. The fourth-order valence-electron chi connectivity index (χ4n) is 2.63. The van der Waals surface area contributed by atoms with Gasteiger partial charge in [-0.2, -0.15) is 0 Å². The second-order valence-electron chi connectivity index (χ2n) is 6.45. The van der Waals surface area contributed by atoms with Crippen LogP contribution in [-0.2, 0) is 9.47 Å². The summed E-state index contributed by atoms with van der Waals surface area (Å²) in [7, 11) is 0. The van der Waals surface area contributed by atoms with E-state index in [-0.39, 0.29) is 11.1 Å². The number of hydrogen-bond donors (Lipinski definition) is 2. The molecule has 0 saturated heterocycles. The Morgan fingerprint density at radius 3 is 1.41 bits per heavy atom. The maximum Gasteiger partial charge on any atom is 0.338 e. The van der Waals surface area contributed by atoms with Crippen LogP contribution in [0.25, 0.3) is 20.9 Å². The molecule has 0 aromatic heterocycles. The first kappa shape index (κ1) is 24.2. The van der Waals surface area contributed by atoms with Crippen LogP contribution in [0.3, 0.4) is 0 Å². The molecular weight excluding hydrogens is 420 g/mol. The first-order valence-electron chi connectivity index (χ1n) is 9.36. The molecule has 0 saturated carbocycles. The number of benzene rings is 2. The summed E-state index contributed by atoms with van der Waals surface area (Å²) in [5.41, 5.74) is 18.0. The Bertz CT molecular complexity index is 911. The summed E-state index contributed by atoms with van der Waals surface area (Å²) in [5.74, 6) is -1.46. The van der Waals surface area contributed by atoms with Crippen LogP contribution < -0.4 is 0 Å². The number of azide groups is 2. The van der Waals surface area contributed by atoms with Gasteiger partial charge in [-0.1, -0.05) is 46.6 Å². The summed E-state index contributed by atoms with van der Waals surface area (Å²) < 4.78 is 10.1. The number of nitrogens with zero attached hydrogens (tertiary/aromatic N) is 6. The normalized spacial score (nSPS) is 13.9. The molecular formula is C20H20N6O6. The van der Waals surface area contributed by atoms with E-state index in [4.69, 9.17) is 20.5 Å². The molecule has 166 valence electrons. The van der Waals surface area contributed by atoms with Crippen molar-refractivity contribution >= 4 is 11.9 Å². The van der Waals surface area contributed by atoms with E-state index < -0.39 is 49.4 Å². The predicted octanol–water partition coefficient (Wildman–Crippen LogP) is 2.78. The van der Waals surface area contributed by atoms with Crippen molar-refractivity contribution in [1.82, 2.24) is 0 Å². The van der Waals surface area contributed by atoms with E-state index in [9.17, 15) is 19.8 Å². The van der Waals surface area contributed by atoms with E-state index in [2.05, 4.69) is 20.1 Å². The molecule has 0 radical (unpaired) electrons. The largest absolute Gasteiger partial charge is 0.462 e. The van der Waals surface area contributed by atoms with Crippen LogP contribution in [0.4, 0.5) is 0 Å². The fourth-order valence-corrected chi connectivity index (χ4v) is 2.63. The fraction of sp³-hybridized carbons (Fsp3) is 0.300. The number of aliphatic hydroxyl groups excluding tert-OH is 2. The molecule has 0 aliphatic carbocycles. The Kier molecular flexibility index (Phi) is 9.51. The molecule has 0 amide bonds. The van der Waals surface area contributed by atoms with Gasteiger partial charge in [0.1, 0.15) is 25.3 Å². The molecule has 2 aromatic carbocycles. The molecule has 2 aromatic rings. The second-order valence-corrected chi connectivity index (χ2v) is 6.45. The van der Waals surface area contributed by atoms with Crippen LogP contribution in [0.5, 0.6) is 0 Å². The number of carbonyl (C=O) groups excluding carboxylic acids is 2. The second kappa shape index (κ2) is 12.6. The van der Waals surface area contributed by atoms with Gasteiger partial charge in [-0.15, -0.1) is 0 Å². The van der Waals surface area contributed by atoms with Crippen molar-refractivity contribution in [3.63, 3.8) is 0 Å². The highest BCUT2D eigenvalue weighted by molar-refractivity contribution is 5.89. The summed E-state index contributed by atoms with van der Waals surface area (Å²) in [6.07, 6.45) is -3.58. The zero-order chi connectivity index (χ0) is 23.3. The average Bonchev–Trinajstić information content (AvgIpc) is 2.84. The van der Waals surface area contributed by atoms with Crippen LogP contribution >= 0.6 is 0 Å². The topological polar surface area (TPSA) is 191 Å². The third-order valence-electron chi connectivity index (χ3n) is 4.33. The van der Waals surface area contributed by atoms with E-state index in [0.717, 1.165) is 0 Å². The van der Waals surface area contributed by atoms with Crippen LogP contribution in [-0.4, -0.2) is 59.7 Å². The molecule has 0 fully saturated rings. The van der Waals surface area contributed by atoms with E-state index in [0.29, 0.717) is 0 Å². The van der Waals surface area contributed by atoms with Crippen molar-refractivity contribution < 1.29 is 29.3 Å². The molecule has 0 spiro atoms. The SMILES string of the molecule is [N-]=[N+]=N[C@@H](COC(=O)c1ccccc1)[C@@H](O)[C@H](O)[C@H](COC(=O)c1ccccc1)N=[N+]=[N-]. The lowest BCUT2D eigenvalue weighted by Gasteiger charge is -2.27. The minimum atomic E-state index is -1.79. The minimum Gasteiger partial charge on any atom is -0.462 e.